The molecule has 0 unspecified atom stereocenters. The van der Waals surface area contributed by atoms with Gasteiger partial charge in [-0.3, -0.25) is 14.5 Å². The molecule has 1 saturated heterocycles. The third-order valence-corrected chi connectivity index (χ3v) is 4.62. The first-order valence-corrected chi connectivity index (χ1v) is 9.25. The Morgan fingerprint density at radius 1 is 1.19 bits per heavy atom. The average Bonchev–Trinajstić information content (AvgIpc) is 2.70. The molecule has 2 heterocycles. The molecule has 0 saturated carbocycles. The predicted molar refractivity (Wildman–Crippen MR) is 104 cm³/mol. The van der Waals surface area contributed by atoms with Crippen LogP contribution >= 0.6 is 0 Å². The lowest BCUT2D eigenvalue weighted by molar-refractivity contribution is 0.220. The molecule has 1 fully saturated rings. The van der Waals surface area contributed by atoms with Crippen LogP contribution in [-0.4, -0.2) is 43.2 Å². The number of aromatic nitrogens is 1. The quantitative estimate of drug-likeness (QED) is 0.531. The van der Waals surface area contributed by atoms with Crippen LogP contribution < -0.4 is 25.6 Å². The van der Waals surface area contributed by atoms with Crippen LogP contribution in [0.25, 0.3) is 0 Å². The predicted octanol–water partition coefficient (Wildman–Crippen LogP) is 1.72. The number of nitrogens with one attached hydrogen (secondary N) is 1. The van der Waals surface area contributed by atoms with Crippen molar-refractivity contribution in [2.24, 2.45) is 0 Å². The normalized spacial score (nSPS) is 15.3. The number of methoxy groups -OCH3 is 1. The minimum absolute atomic E-state index is 0.0966. The maximum Gasteiger partial charge on any atom is 0.271 e. The van der Waals surface area contributed by atoms with Crippen molar-refractivity contribution in [1.29, 1.82) is 0 Å². The number of hydrogen-bond acceptors (Lipinski definition) is 7. The number of hydrogen-bond donors (Lipinski definition) is 1. The van der Waals surface area contributed by atoms with Gasteiger partial charge >= 0.3 is 0 Å². The summed E-state index contributed by atoms with van der Waals surface area (Å²) in [7, 11) is 1.37. The van der Waals surface area contributed by atoms with E-state index in [1.807, 2.05) is 24.3 Å². The van der Waals surface area contributed by atoms with E-state index >= 15 is 0 Å². The van der Waals surface area contributed by atoms with E-state index in [1.54, 1.807) is 6.20 Å². The third-order valence-electron chi connectivity index (χ3n) is 4.62. The fraction of sp³-hybridized carbons (Fsp3) is 0.450. The molecule has 1 aliphatic heterocycles. The molecule has 0 aliphatic carbocycles. The molecule has 2 aromatic rings. The van der Waals surface area contributed by atoms with E-state index in [2.05, 4.69) is 15.2 Å². The van der Waals surface area contributed by atoms with Crippen molar-refractivity contribution in [2.75, 3.05) is 38.7 Å². The van der Waals surface area contributed by atoms with Crippen LogP contribution in [0.5, 0.6) is 11.6 Å². The molecule has 1 aromatic carbocycles. The molecular formula is C20H25N3O4. The lowest BCUT2D eigenvalue weighted by Gasteiger charge is -2.26. The summed E-state index contributed by atoms with van der Waals surface area (Å²) in [6.45, 7) is 4.04. The van der Waals surface area contributed by atoms with Crippen LogP contribution in [0.4, 0.5) is 5.69 Å². The van der Waals surface area contributed by atoms with Gasteiger partial charge in [0.15, 0.2) is 5.75 Å². The standard InChI is InChI=1S/C20H25N3O4/c1-26-20-17(18(24)19(20)25)22-8-3-6-12-27-16-13-15(7-9-21-16)14-23-10-4-2-5-11-23/h3,6-7,9,13,22H,2,4-5,8,10-12,14H2,1H3/b6-3-. The van der Waals surface area contributed by atoms with Crippen molar-refractivity contribution in [1.82, 2.24) is 9.88 Å². The smallest absolute Gasteiger partial charge is 0.271 e. The maximum absolute atomic E-state index is 11.4. The largest absolute Gasteiger partial charge is 0.491 e. The minimum Gasteiger partial charge on any atom is -0.491 e. The molecule has 0 spiro atoms. The highest BCUT2D eigenvalue weighted by Gasteiger charge is 2.20. The zero-order valence-electron chi connectivity index (χ0n) is 15.6. The van der Waals surface area contributed by atoms with Gasteiger partial charge in [-0.15, -0.1) is 0 Å². The van der Waals surface area contributed by atoms with Crippen molar-refractivity contribution in [3.8, 4) is 11.6 Å². The first-order chi connectivity index (χ1) is 13.2. The van der Waals surface area contributed by atoms with Crippen molar-refractivity contribution in [3.05, 3.63) is 56.5 Å². The summed E-state index contributed by atoms with van der Waals surface area (Å²) in [5.74, 6) is 0.700. The first-order valence-electron chi connectivity index (χ1n) is 9.25. The van der Waals surface area contributed by atoms with Crippen molar-refractivity contribution < 1.29 is 9.47 Å². The third kappa shape index (κ3) is 4.95. The van der Waals surface area contributed by atoms with Crippen LogP contribution in [0.2, 0.25) is 0 Å². The van der Waals surface area contributed by atoms with Crippen LogP contribution in [0.3, 0.4) is 0 Å². The molecule has 7 nitrogen and oxygen atoms in total. The Hall–Kier alpha value is -2.67. The van der Waals surface area contributed by atoms with E-state index in [0.717, 1.165) is 19.6 Å². The van der Waals surface area contributed by atoms with Gasteiger partial charge in [-0.25, -0.2) is 4.98 Å². The van der Waals surface area contributed by atoms with E-state index in [9.17, 15) is 9.59 Å². The number of rotatable bonds is 9. The SMILES string of the molecule is COc1c(NC/C=C\COc2cc(CN3CCCCC3)ccn2)c(=O)c1=O. The molecular weight excluding hydrogens is 346 g/mol. The van der Waals surface area contributed by atoms with E-state index in [1.165, 1.54) is 31.9 Å². The highest BCUT2D eigenvalue weighted by molar-refractivity contribution is 5.61. The Bertz CT molecular complexity index is 849. The zero-order chi connectivity index (χ0) is 19.1. The van der Waals surface area contributed by atoms with Gasteiger partial charge in [0.05, 0.1) is 7.11 Å². The molecule has 0 radical (unpaired) electrons. The van der Waals surface area contributed by atoms with E-state index in [4.69, 9.17) is 9.47 Å². The number of ether oxygens (including phenoxy) is 2. The minimum atomic E-state index is -0.581. The van der Waals surface area contributed by atoms with Gasteiger partial charge in [0.1, 0.15) is 12.3 Å². The molecule has 7 heteroatoms. The zero-order valence-corrected chi connectivity index (χ0v) is 15.6. The van der Waals surface area contributed by atoms with Gasteiger partial charge in [-0.1, -0.05) is 12.5 Å². The van der Waals surface area contributed by atoms with Crippen LogP contribution in [0.1, 0.15) is 24.8 Å². The van der Waals surface area contributed by atoms with Gasteiger partial charge in [0.2, 0.25) is 5.88 Å². The summed E-state index contributed by atoms with van der Waals surface area (Å²) in [4.78, 5) is 29.3. The monoisotopic (exact) mass is 371 g/mol. The summed E-state index contributed by atoms with van der Waals surface area (Å²) in [5.41, 5.74) is 0.328. The molecule has 1 aromatic heterocycles. The summed E-state index contributed by atoms with van der Waals surface area (Å²) < 4.78 is 10.5. The molecule has 144 valence electrons. The molecule has 3 rings (SSSR count). The van der Waals surface area contributed by atoms with Gasteiger partial charge in [-0.05, 0) is 43.6 Å². The Kier molecular flexibility index (Phi) is 6.59. The molecule has 0 atom stereocenters. The first kappa shape index (κ1) is 19.1. The lowest BCUT2D eigenvalue weighted by atomic mass is 10.1. The highest BCUT2D eigenvalue weighted by atomic mass is 16.5. The second-order valence-electron chi connectivity index (χ2n) is 6.57. The van der Waals surface area contributed by atoms with Gasteiger partial charge in [0.25, 0.3) is 10.9 Å². The van der Waals surface area contributed by atoms with Gasteiger partial charge in [0, 0.05) is 25.4 Å². The van der Waals surface area contributed by atoms with Crippen molar-refractivity contribution >= 4 is 5.69 Å². The molecule has 0 bridgehead atoms. The maximum atomic E-state index is 11.4. The van der Waals surface area contributed by atoms with E-state index < -0.39 is 10.9 Å². The summed E-state index contributed by atoms with van der Waals surface area (Å²) in [6.07, 6.45) is 9.32. The van der Waals surface area contributed by atoms with Crippen LogP contribution in [0, 0.1) is 0 Å². The number of piperidine rings is 1. The summed E-state index contributed by atoms with van der Waals surface area (Å²) in [5, 5.41) is 2.87. The number of pyridine rings is 1. The Balaban J connectivity index is 1.41. The second kappa shape index (κ2) is 9.32. The molecule has 1 N–H and O–H groups in total. The fourth-order valence-corrected chi connectivity index (χ4v) is 3.18. The Morgan fingerprint density at radius 2 is 2.00 bits per heavy atom. The van der Waals surface area contributed by atoms with Gasteiger partial charge < -0.3 is 14.8 Å². The average molecular weight is 371 g/mol. The number of likely N-dealkylation sites (tertiary alicyclic amines) is 1. The lowest BCUT2D eigenvalue weighted by Crippen LogP contribution is -2.35. The molecule has 1 aliphatic rings. The highest BCUT2D eigenvalue weighted by Crippen LogP contribution is 2.16. The Morgan fingerprint density at radius 3 is 2.78 bits per heavy atom. The molecule has 0 amide bonds. The summed E-state index contributed by atoms with van der Waals surface area (Å²) in [6, 6.07) is 4.01. The van der Waals surface area contributed by atoms with Crippen LogP contribution in [-0.2, 0) is 6.54 Å². The fourth-order valence-electron chi connectivity index (χ4n) is 3.18. The second-order valence-corrected chi connectivity index (χ2v) is 6.57. The van der Waals surface area contributed by atoms with Crippen molar-refractivity contribution in [3.63, 3.8) is 0 Å². The van der Waals surface area contributed by atoms with E-state index in [-0.39, 0.29) is 11.4 Å². The number of anilines is 1. The van der Waals surface area contributed by atoms with Crippen molar-refractivity contribution in [2.45, 2.75) is 25.8 Å². The van der Waals surface area contributed by atoms with Gasteiger partial charge in [-0.2, -0.15) is 0 Å². The van der Waals surface area contributed by atoms with Crippen LogP contribution in [0.15, 0.2) is 40.1 Å². The Labute approximate surface area is 158 Å². The summed E-state index contributed by atoms with van der Waals surface area (Å²) >= 11 is 0. The number of nitrogens with zero attached hydrogens (tertiary/aromatic N) is 2. The molecule has 27 heavy (non-hydrogen) atoms. The topological polar surface area (TPSA) is 80.8 Å². The van der Waals surface area contributed by atoms with E-state index in [0.29, 0.717) is 19.0 Å².